The van der Waals surface area contributed by atoms with Gasteiger partial charge < -0.3 is 24.8 Å². The number of hydrogen-bond donors (Lipinski definition) is 2. The van der Waals surface area contributed by atoms with Gasteiger partial charge in [-0.15, -0.1) is 0 Å². The summed E-state index contributed by atoms with van der Waals surface area (Å²) in [5, 5.41) is 4.52. The number of ether oxygens (including phenoxy) is 1. The van der Waals surface area contributed by atoms with Crippen molar-refractivity contribution in [1.29, 1.82) is 0 Å². The average Bonchev–Trinajstić information content (AvgIpc) is 3.44. The molecule has 1 aliphatic heterocycles. The van der Waals surface area contributed by atoms with Crippen molar-refractivity contribution in [2.45, 2.75) is 77.3 Å². The molecule has 0 bridgehead atoms. The number of fused-ring (bicyclic) bond motifs is 1. The number of para-hydroxylation sites is 1. The number of carbonyl (C=O) groups is 2. The first-order chi connectivity index (χ1) is 22.8. The van der Waals surface area contributed by atoms with Crippen LogP contribution in [0.4, 0.5) is 11.4 Å². The quantitative estimate of drug-likeness (QED) is 0.197. The fourth-order valence-corrected chi connectivity index (χ4v) is 8.52. The molecule has 1 saturated heterocycles. The van der Waals surface area contributed by atoms with Crippen molar-refractivity contribution in [1.82, 2.24) is 9.88 Å². The van der Waals surface area contributed by atoms with E-state index in [1.807, 2.05) is 35.2 Å². The first-order valence-electron chi connectivity index (χ1n) is 17.4. The van der Waals surface area contributed by atoms with E-state index >= 15 is 0 Å². The molecule has 1 aromatic heterocycles. The predicted octanol–water partition coefficient (Wildman–Crippen LogP) is 7.81. The molecule has 0 spiro atoms. The van der Waals surface area contributed by atoms with Crippen LogP contribution < -0.4 is 10.2 Å². The van der Waals surface area contributed by atoms with E-state index in [-0.39, 0.29) is 29.1 Å². The van der Waals surface area contributed by atoms with E-state index in [0.29, 0.717) is 25.8 Å². The number of benzene rings is 3. The van der Waals surface area contributed by atoms with Crippen LogP contribution in [0.3, 0.4) is 0 Å². The van der Waals surface area contributed by atoms with Gasteiger partial charge in [0, 0.05) is 54.0 Å². The van der Waals surface area contributed by atoms with Gasteiger partial charge in [-0.25, -0.2) is 0 Å². The molecular weight excluding hydrogens is 584 g/mol. The molecule has 2 heterocycles. The number of aromatic nitrogens is 1. The zero-order valence-corrected chi connectivity index (χ0v) is 28.1. The number of carbonyl (C=O) groups excluding carboxylic acids is 2. The van der Waals surface area contributed by atoms with E-state index < -0.39 is 5.54 Å². The van der Waals surface area contributed by atoms with Crippen molar-refractivity contribution in [3.05, 3.63) is 95.7 Å². The van der Waals surface area contributed by atoms with Gasteiger partial charge in [-0.3, -0.25) is 9.59 Å². The van der Waals surface area contributed by atoms with Crippen LogP contribution in [0, 0.1) is 18.3 Å². The Morgan fingerprint density at radius 3 is 2.32 bits per heavy atom. The summed E-state index contributed by atoms with van der Waals surface area (Å²) >= 11 is 0. The fourth-order valence-electron chi connectivity index (χ4n) is 8.52. The number of morpholine rings is 1. The van der Waals surface area contributed by atoms with E-state index in [1.165, 1.54) is 16.6 Å². The Kier molecular flexibility index (Phi) is 8.60. The molecule has 7 rings (SSSR count). The summed E-state index contributed by atoms with van der Waals surface area (Å²) in [6, 6.07) is 26.8. The maximum absolute atomic E-state index is 14.8. The second kappa shape index (κ2) is 12.8. The van der Waals surface area contributed by atoms with Crippen LogP contribution in [0.5, 0.6) is 0 Å². The Labute approximate surface area is 278 Å². The van der Waals surface area contributed by atoms with Crippen molar-refractivity contribution in [3.8, 4) is 0 Å². The topological polar surface area (TPSA) is 77.7 Å². The molecule has 4 aromatic rings. The third kappa shape index (κ3) is 6.06. The van der Waals surface area contributed by atoms with Crippen molar-refractivity contribution >= 4 is 34.1 Å². The van der Waals surface area contributed by atoms with E-state index in [4.69, 9.17) is 4.74 Å². The van der Waals surface area contributed by atoms with Crippen LogP contribution in [0.15, 0.2) is 78.9 Å². The number of nitrogens with zero attached hydrogens (tertiary/aromatic N) is 2. The van der Waals surface area contributed by atoms with Crippen LogP contribution in [-0.2, 0) is 20.9 Å². The Morgan fingerprint density at radius 2 is 1.60 bits per heavy atom. The lowest BCUT2D eigenvalue weighted by atomic mass is 9.78. The van der Waals surface area contributed by atoms with Gasteiger partial charge in [-0.2, -0.15) is 0 Å². The van der Waals surface area contributed by atoms with Gasteiger partial charge in [0.25, 0.3) is 0 Å². The third-order valence-corrected chi connectivity index (χ3v) is 11.3. The lowest BCUT2D eigenvalue weighted by Gasteiger charge is -2.45. The number of aryl methyl sites for hydroxylation is 1. The third-order valence-electron chi connectivity index (χ3n) is 11.3. The molecule has 2 unspecified atom stereocenters. The smallest absolute Gasteiger partial charge is 0.250 e. The summed E-state index contributed by atoms with van der Waals surface area (Å²) in [5.41, 5.74) is 5.69. The standard InChI is InChI=1S/C40H48N4O3/c1-28-36(32-14-8-9-15-34(32)41-28)37-33(39(37,2)3)26-35(45)44(27-29-12-6-4-7-13-29)40(20-10-5-11-21-40)38(46)42-30-16-18-31(19-17-30)43-22-24-47-25-23-43/h4,6-9,12-19,33,37,41H,5,10-11,20-27H2,1-3H3,(H,42,46). The van der Waals surface area contributed by atoms with Crippen molar-refractivity contribution in [2.24, 2.45) is 11.3 Å². The molecule has 7 heteroatoms. The Bertz CT molecular complexity index is 1720. The molecule has 3 aromatic carbocycles. The monoisotopic (exact) mass is 632 g/mol. The van der Waals surface area contributed by atoms with Crippen molar-refractivity contribution in [2.75, 3.05) is 36.5 Å². The lowest BCUT2D eigenvalue weighted by Crippen LogP contribution is -2.59. The van der Waals surface area contributed by atoms with Gasteiger partial charge in [-0.1, -0.05) is 81.6 Å². The average molecular weight is 633 g/mol. The molecule has 2 amide bonds. The number of nitrogens with one attached hydrogen (secondary N) is 2. The highest BCUT2D eigenvalue weighted by atomic mass is 16.5. The minimum absolute atomic E-state index is 0.0198. The highest BCUT2D eigenvalue weighted by Crippen LogP contribution is 2.67. The fraction of sp³-hybridized carbons (Fsp3) is 0.450. The second-order valence-electron chi connectivity index (χ2n) is 14.5. The van der Waals surface area contributed by atoms with E-state index in [2.05, 4.69) is 84.5 Å². The summed E-state index contributed by atoms with van der Waals surface area (Å²) in [6.45, 7) is 10.4. The zero-order valence-electron chi connectivity index (χ0n) is 28.1. The van der Waals surface area contributed by atoms with E-state index in [1.54, 1.807) is 0 Å². The summed E-state index contributed by atoms with van der Waals surface area (Å²) in [7, 11) is 0. The number of aromatic amines is 1. The maximum atomic E-state index is 14.8. The first-order valence-corrected chi connectivity index (χ1v) is 17.4. The molecule has 3 fully saturated rings. The molecule has 3 aliphatic rings. The van der Waals surface area contributed by atoms with Gasteiger partial charge in [0.05, 0.1) is 13.2 Å². The van der Waals surface area contributed by atoms with E-state index in [0.717, 1.165) is 68.0 Å². The van der Waals surface area contributed by atoms with Gasteiger partial charge in [-0.05, 0) is 78.5 Å². The summed E-state index contributed by atoms with van der Waals surface area (Å²) < 4.78 is 5.51. The molecule has 0 radical (unpaired) electrons. The number of anilines is 2. The SMILES string of the molecule is Cc1[nH]c2ccccc2c1C1C(CC(=O)N(Cc2ccccc2)C2(C(=O)Nc3ccc(N4CCOCC4)cc3)CCCCC2)C1(C)C. The van der Waals surface area contributed by atoms with Crippen molar-refractivity contribution < 1.29 is 14.3 Å². The lowest BCUT2D eigenvalue weighted by molar-refractivity contribution is -0.149. The number of hydrogen-bond acceptors (Lipinski definition) is 4. The number of H-pyrrole nitrogens is 1. The highest BCUT2D eigenvalue weighted by Gasteiger charge is 2.60. The van der Waals surface area contributed by atoms with Crippen LogP contribution in [0.1, 0.15) is 75.1 Å². The number of amides is 2. The van der Waals surface area contributed by atoms with E-state index in [9.17, 15) is 9.59 Å². The van der Waals surface area contributed by atoms with Gasteiger partial charge in [0.1, 0.15) is 5.54 Å². The maximum Gasteiger partial charge on any atom is 0.250 e. The summed E-state index contributed by atoms with van der Waals surface area (Å²) in [5.74, 6) is 0.483. The minimum Gasteiger partial charge on any atom is -0.378 e. The van der Waals surface area contributed by atoms with Gasteiger partial charge >= 0.3 is 0 Å². The molecule has 2 saturated carbocycles. The minimum atomic E-state index is -0.903. The largest absolute Gasteiger partial charge is 0.378 e. The van der Waals surface area contributed by atoms with Crippen molar-refractivity contribution in [3.63, 3.8) is 0 Å². The van der Waals surface area contributed by atoms with Gasteiger partial charge in [0.15, 0.2) is 0 Å². The Balaban J connectivity index is 1.17. The number of rotatable bonds is 9. The van der Waals surface area contributed by atoms with Crippen LogP contribution >= 0.6 is 0 Å². The zero-order chi connectivity index (χ0) is 32.6. The van der Waals surface area contributed by atoms with Crippen LogP contribution in [-0.4, -0.2) is 53.5 Å². The predicted molar refractivity (Wildman–Crippen MR) is 189 cm³/mol. The summed E-state index contributed by atoms with van der Waals surface area (Å²) in [4.78, 5) is 37.1. The first kappa shape index (κ1) is 31.5. The normalized spacial score (nSPS) is 21.7. The Morgan fingerprint density at radius 1 is 0.915 bits per heavy atom. The molecule has 47 heavy (non-hydrogen) atoms. The molecule has 246 valence electrons. The molecule has 2 N–H and O–H groups in total. The van der Waals surface area contributed by atoms with Crippen LogP contribution in [0.2, 0.25) is 0 Å². The van der Waals surface area contributed by atoms with Gasteiger partial charge in [0.2, 0.25) is 11.8 Å². The molecular formula is C40H48N4O3. The molecule has 2 atom stereocenters. The summed E-state index contributed by atoms with van der Waals surface area (Å²) in [6.07, 6.45) is 4.69. The second-order valence-corrected chi connectivity index (χ2v) is 14.5. The molecule has 7 nitrogen and oxygen atoms in total. The Hall–Kier alpha value is -4.10. The van der Waals surface area contributed by atoms with Crippen LogP contribution in [0.25, 0.3) is 10.9 Å². The highest BCUT2D eigenvalue weighted by molar-refractivity contribution is 6.01. The molecule has 2 aliphatic carbocycles.